The first kappa shape index (κ1) is 16.1. The van der Waals surface area contributed by atoms with E-state index in [1.165, 1.54) is 4.90 Å². The maximum atomic E-state index is 12.8. The summed E-state index contributed by atoms with van der Waals surface area (Å²) < 4.78 is 1.56. The number of aromatic nitrogens is 2. The average Bonchev–Trinajstić information content (AvgIpc) is 3.25. The van der Waals surface area contributed by atoms with Gasteiger partial charge in [-0.3, -0.25) is 9.59 Å². The molecule has 2 amide bonds. The topological polar surface area (TPSA) is 78.2 Å². The first-order valence-electron chi connectivity index (χ1n) is 8.94. The predicted molar refractivity (Wildman–Crippen MR) is 93.8 cm³/mol. The van der Waals surface area contributed by atoms with Gasteiger partial charge in [0.25, 0.3) is 5.91 Å². The molecule has 136 valence electrons. The summed E-state index contributed by atoms with van der Waals surface area (Å²) in [5.41, 5.74) is 0.831. The lowest BCUT2D eigenvalue weighted by molar-refractivity contribution is -0.140. The first-order valence-corrected chi connectivity index (χ1v) is 9.32. The molecule has 2 aromatic rings. The molecule has 2 saturated carbocycles. The highest BCUT2D eigenvalue weighted by atomic mass is 35.5. The number of rotatable bonds is 2. The molecule has 2 aromatic heterocycles. The van der Waals surface area contributed by atoms with E-state index in [0.717, 1.165) is 12.8 Å². The van der Waals surface area contributed by atoms with Crippen LogP contribution in [0.25, 0.3) is 5.52 Å². The summed E-state index contributed by atoms with van der Waals surface area (Å²) in [7, 11) is 0. The number of hydrogen-bond donors (Lipinski definition) is 1. The third-order valence-electron chi connectivity index (χ3n) is 5.98. The number of pyridine rings is 1. The number of nitrogens with zero attached hydrogens (tertiary/aromatic N) is 4. The molecule has 1 N–H and O–H groups in total. The normalized spacial score (nSPS) is 30.8. The van der Waals surface area contributed by atoms with Crippen LogP contribution in [-0.2, 0) is 4.79 Å². The van der Waals surface area contributed by atoms with E-state index in [0.29, 0.717) is 35.5 Å². The van der Waals surface area contributed by atoms with Crippen molar-refractivity contribution in [2.75, 3.05) is 19.6 Å². The average molecular weight is 375 g/mol. The summed E-state index contributed by atoms with van der Waals surface area (Å²) in [6.07, 6.45) is 3.27. The molecular weight excluding hydrogens is 356 g/mol. The Labute approximate surface area is 155 Å². The van der Waals surface area contributed by atoms with Gasteiger partial charge in [0, 0.05) is 19.3 Å². The molecule has 0 spiro atoms. The minimum Gasteiger partial charge on any atom is -0.391 e. The lowest BCUT2D eigenvalue weighted by atomic mass is 10.1. The van der Waals surface area contributed by atoms with Crippen molar-refractivity contribution in [2.45, 2.75) is 25.0 Å². The first-order chi connectivity index (χ1) is 12.5. The van der Waals surface area contributed by atoms with Gasteiger partial charge in [-0.05, 0) is 36.8 Å². The quantitative estimate of drug-likeness (QED) is 0.852. The highest BCUT2D eigenvalue weighted by Crippen LogP contribution is 2.53. The number of carbonyl (C=O) groups excluding carboxylic acids is 2. The fourth-order valence-electron chi connectivity index (χ4n) is 4.47. The van der Waals surface area contributed by atoms with Crippen molar-refractivity contribution >= 4 is 28.9 Å². The molecule has 3 aliphatic rings. The summed E-state index contributed by atoms with van der Waals surface area (Å²) in [5.74, 6) is 0.486. The number of hydrogen-bond acceptors (Lipinski definition) is 4. The zero-order valence-electron chi connectivity index (χ0n) is 14.1. The molecular formula is C18H19ClN4O3. The fraction of sp³-hybridized carbons (Fsp3) is 0.500. The van der Waals surface area contributed by atoms with Gasteiger partial charge in [-0.2, -0.15) is 5.10 Å². The molecule has 26 heavy (non-hydrogen) atoms. The second-order valence-corrected chi connectivity index (χ2v) is 7.84. The highest BCUT2D eigenvalue weighted by molar-refractivity contribution is 6.36. The summed E-state index contributed by atoms with van der Waals surface area (Å²) in [4.78, 5) is 28.7. The lowest BCUT2D eigenvalue weighted by Gasteiger charge is -2.39. The van der Waals surface area contributed by atoms with Gasteiger partial charge < -0.3 is 14.9 Å². The Morgan fingerprint density at radius 3 is 2.81 bits per heavy atom. The van der Waals surface area contributed by atoms with Crippen molar-refractivity contribution in [1.82, 2.24) is 19.4 Å². The Hall–Kier alpha value is -2.12. The van der Waals surface area contributed by atoms with E-state index < -0.39 is 6.10 Å². The monoisotopic (exact) mass is 374 g/mol. The molecule has 5 rings (SSSR count). The van der Waals surface area contributed by atoms with Gasteiger partial charge >= 0.3 is 0 Å². The summed E-state index contributed by atoms with van der Waals surface area (Å²) in [6.45, 7) is 0.867. The number of halogens is 1. The van der Waals surface area contributed by atoms with Crippen LogP contribution in [0.1, 0.15) is 23.3 Å². The third-order valence-corrected chi connectivity index (χ3v) is 6.35. The molecule has 0 aromatic carbocycles. The van der Waals surface area contributed by atoms with Gasteiger partial charge in [0.2, 0.25) is 5.91 Å². The Bertz CT molecular complexity index is 913. The van der Waals surface area contributed by atoms with Crippen LogP contribution in [0.5, 0.6) is 0 Å². The highest BCUT2D eigenvalue weighted by Gasteiger charge is 2.55. The van der Waals surface area contributed by atoms with Crippen molar-refractivity contribution < 1.29 is 14.7 Å². The standard InChI is InChI=1S/C18H19ClN4O3/c19-15-12-3-1-2-4-23(12)20-16(15)18(26)21-5-6-22(14(24)9-21)13-8-10-7-11(10)17(13)25/h1-4,10-11,13,17,25H,5-9H2/t10-,11-,13-,17-/m0/s1. The SMILES string of the molecule is O=C(c1nn2ccccc2c1Cl)N1CCN([C@H]2C[C@@H]3C[C@@H]3[C@@H]2O)C(=O)C1. The number of carbonyl (C=O) groups is 2. The van der Waals surface area contributed by atoms with Crippen LogP contribution in [0.15, 0.2) is 24.4 Å². The summed E-state index contributed by atoms with van der Waals surface area (Å²) >= 11 is 6.32. The van der Waals surface area contributed by atoms with Crippen molar-refractivity contribution in [3.05, 3.63) is 35.1 Å². The summed E-state index contributed by atoms with van der Waals surface area (Å²) in [5, 5.41) is 14.9. The Kier molecular flexibility index (Phi) is 3.52. The van der Waals surface area contributed by atoms with E-state index in [4.69, 9.17) is 11.6 Å². The number of aliphatic hydroxyl groups is 1. The van der Waals surface area contributed by atoms with E-state index in [9.17, 15) is 14.7 Å². The zero-order chi connectivity index (χ0) is 18.0. The third kappa shape index (κ3) is 2.34. The minimum atomic E-state index is -0.418. The zero-order valence-corrected chi connectivity index (χ0v) is 14.8. The van der Waals surface area contributed by atoms with Crippen LogP contribution < -0.4 is 0 Å². The van der Waals surface area contributed by atoms with Gasteiger partial charge in [-0.25, -0.2) is 4.52 Å². The van der Waals surface area contributed by atoms with Crippen LogP contribution >= 0.6 is 11.6 Å². The second kappa shape index (κ2) is 5.69. The van der Waals surface area contributed by atoms with Gasteiger partial charge in [0.1, 0.15) is 6.54 Å². The van der Waals surface area contributed by atoms with Gasteiger partial charge in [-0.15, -0.1) is 0 Å². The van der Waals surface area contributed by atoms with Crippen LogP contribution in [0.4, 0.5) is 0 Å². The maximum Gasteiger partial charge on any atom is 0.276 e. The molecule has 1 aliphatic heterocycles. The Morgan fingerprint density at radius 1 is 1.27 bits per heavy atom. The number of fused-ring (bicyclic) bond motifs is 2. The largest absolute Gasteiger partial charge is 0.391 e. The van der Waals surface area contributed by atoms with E-state index in [2.05, 4.69) is 5.10 Å². The molecule has 2 aliphatic carbocycles. The second-order valence-electron chi connectivity index (χ2n) is 7.46. The molecule has 0 unspecified atom stereocenters. The Balaban J connectivity index is 1.33. The lowest BCUT2D eigenvalue weighted by Crippen LogP contribution is -2.57. The minimum absolute atomic E-state index is 0.00157. The number of aliphatic hydroxyl groups excluding tert-OH is 1. The molecule has 3 fully saturated rings. The number of amides is 2. The smallest absolute Gasteiger partial charge is 0.276 e. The van der Waals surface area contributed by atoms with Crippen LogP contribution in [0, 0.1) is 11.8 Å². The molecule has 3 heterocycles. The van der Waals surface area contributed by atoms with Gasteiger partial charge in [0.05, 0.1) is 22.7 Å². The van der Waals surface area contributed by atoms with Crippen LogP contribution in [0.2, 0.25) is 5.02 Å². The van der Waals surface area contributed by atoms with Crippen LogP contribution in [0.3, 0.4) is 0 Å². The molecule has 0 radical (unpaired) electrons. The molecule has 1 saturated heterocycles. The van der Waals surface area contributed by atoms with Gasteiger partial charge in [0.15, 0.2) is 5.69 Å². The van der Waals surface area contributed by atoms with E-state index >= 15 is 0 Å². The molecule has 8 heteroatoms. The maximum absolute atomic E-state index is 12.8. The molecule has 7 nitrogen and oxygen atoms in total. The molecule has 0 bridgehead atoms. The Morgan fingerprint density at radius 2 is 2.12 bits per heavy atom. The number of piperazine rings is 1. The van der Waals surface area contributed by atoms with Crippen LogP contribution in [-0.4, -0.2) is 68.1 Å². The van der Waals surface area contributed by atoms with Gasteiger partial charge in [-0.1, -0.05) is 17.7 Å². The van der Waals surface area contributed by atoms with E-state index in [1.54, 1.807) is 21.7 Å². The summed E-state index contributed by atoms with van der Waals surface area (Å²) in [6, 6.07) is 5.34. The molecule has 4 atom stereocenters. The van der Waals surface area contributed by atoms with E-state index in [-0.39, 0.29) is 30.1 Å². The van der Waals surface area contributed by atoms with Crippen molar-refractivity contribution in [3.8, 4) is 0 Å². The van der Waals surface area contributed by atoms with Crippen molar-refractivity contribution in [2.24, 2.45) is 11.8 Å². The van der Waals surface area contributed by atoms with Crippen molar-refractivity contribution in [1.29, 1.82) is 0 Å². The predicted octanol–water partition coefficient (Wildman–Crippen LogP) is 1.04. The fourth-order valence-corrected chi connectivity index (χ4v) is 4.74. The van der Waals surface area contributed by atoms with Crippen molar-refractivity contribution in [3.63, 3.8) is 0 Å². The van der Waals surface area contributed by atoms with E-state index in [1.807, 2.05) is 12.1 Å².